The number of hydrogen-bond acceptors (Lipinski definition) is 6. The zero-order valence-electron chi connectivity index (χ0n) is 12.6. The SMILES string of the molecule is Cc1nnc2c(N3CCC(Oc4ccncc4Br)C3)nccn12. The Labute approximate surface area is 141 Å². The largest absolute Gasteiger partial charge is 0.487 e. The van der Waals surface area contributed by atoms with Gasteiger partial charge in [-0.1, -0.05) is 0 Å². The average molecular weight is 375 g/mol. The van der Waals surface area contributed by atoms with Crippen LogP contribution in [0.3, 0.4) is 0 Å². The molecular weight excluding hydrogens is 360 g/mol. The zero-order valence-corrected chi connectivity index (χ0v) is 14.1. The van der Waals surface area contributed by atoms with E-state index in [0.29, 0.717) is 0 Å². The summed E-state index contributed by atoms with van der Waals surface area (Å²) < 4.78 is 8.90. The van der Waals surface area contributed by atoms with E-state index < -0.39 is 0 Å². The molecule has 7 nitrogen and oxygen atoms in total. The van der Waals surface area contributed by atoms with Crippen molar-refractivity contribution < 1.29 is 4.74 Å². The number of anilines is 1. The second kappa shape index (κ2) is 5.77. The molecule has 1 atom stereocenters. The molecule has 1 aliphatic rings. The molecule has 23 heavy (non-hydrogen) atoms. The fourth-order valence-corrected chi connectivity index (χ4v) is 3.15. The van der Waals surface area contributed by atoms with Gasteiger partial charge < -0.3 is 9.64 Å². The highest BCUT2D eigenvalue weighted by atomic mass is 79.9. The summed E-state index contributed by atoms with van der Waals surface area (Å²) in [5, 5.41) is 8.37. The Balaban J connectivity index is 1.55. The predicted octanol–water partition coefficient (Wildman–Crippen LogP) is 2.25. The summed E-state index contributed by atoms with van der Waals surface area (Å²) in [7, 11) is 0. The molecule has 0 N–H and O–H groups in total. The van der Waals surface area contributed by atoms with Crippen molar-refractivity contribution in [3.63, 3.8) is 0 Å². The lowest BCUT2D eigenvalue weighted by atomic mass is 10.3. The molecule has 0 spiro atoms. The van der Waals surface area contributed by atoms with Crippen molar-refractivity contribution in [1.29, 1.82) is 0 Å². The molecule has 1 saturated heterocycles. The molecule has 4 heterocycles. The fourth-order valence-electron chi connectivity index (χ4n) is 2.81. The van der Waals surface area contributed by atoms with Gasteiger partial charge in [0.05, 0.1) is 11.0 Å². The molecule has 0 aromatic carbocycles. The van der Waals surface area contributed by atoms with Gasteiger partial charge >= 0.3 is 0 Å². The number of aryl methyl sites for hydroxylation is 1. The molecule has 1 unspecified atom stereocenters. The van der Waals surface area contributed by atoms with E-state index in [9.17, 15) is 0 Å². The highest BCUT2D eigenvalue weighted by molar-refractivity contribution is 9.10. The van der Waals surface area contributed by atoms with Crippen LogP contribution >= 0.6 is 15.9 Å². The lowest BCUT2D eigenvalue weighted by Gasteiger charge is -2.18. The minimum absolute atomic E-state index is 0.111. The van der Waals surface area contributed by atoms with Crippen LogP contribution in [0.2, 0.25) is 0 Å². The van der Waals surface area contributed by atoms with Crippen molar-refractivity contribution in [3.05, 3.63) is 41.2 Å². The second-order valence-corrected chi connectivity index (χ2v) is 6.33. The third-order valence-electron chi connectivity index (χ3n) is 3.95. The van der Waals surface area contributed by atoms with Crippen molar-refractivity contribution in [3.8, 4) is 5.75 Å². The third-order valence-corrected chi connectivity index (χ3v) is 4.55. The number of aromatic nitrogens is 5. The van der Waals surface area contributed by atoms with Crippen molar-refractivity contribution in [2.24, 2.45) is 0 Å². The Bertz CT molecular complexity index is 851. The highest BCUT2D eigenvalue weighted by Crippen LogP contribution is 2.28. The molecule has 1 aliphatic heterocycles. The molecule has 1 fully saturated rings. The maximum atomic E-state index is 6.08. The van der Waals surface area contributed by atoms with E-state index in [4.69, 9.17) is 4.74 Å². The van der Waals surface area contributed by atoms with Crippen LogP contribution < -0.4 is 9.64 Å². The molecule has 0 amide bonds. The standard InChI is InChI=1S/C15H15BrN6O/c1-10-19-20-15-14(18-5-7-22(10)15)21-6-3-11(9-21)23-13-2-4-17-8-12(13)16/h2,4-5,7-8,11H,3,6,9H2,1H3. The molecule has 4 rings (SSSR count). The lowest BCUT2D eigenvalue weighted by molar-refractivity contribution is 0.223. The number of pyridine rings is 1. The molecule has 8 heteroatoms. The fraction of sp³-hybridized carbons (Fsp3) is 0.333. The summed E-state index contributed by atoms with van der Waals surface area (Å²) >= 11 is 3.46. The van der Waals surface area contributed by atoms with Crippen LogP contribution in [0.5, 0.6) is 5.75 Å². The third kappa shape index (κ3) is 2.63. The monoisotopic (exact) mass is 374 g/mol. The second-order valence-electron chi connectivity index (χ2n) is 5.47. The van der Waals surface area contributed by atoms with Gasteiger partial charge in [0, 0.05) is 37.8 Å². The molecule has 0 bridgehead atoms. The molecule has 0 radical (unpaired) electrons. The predicted molar refractivity (Wildman–Crippen MR) is 88.7 cm³/mol. The van der Waals surface area contributed by atoms with E-state index in [1.54, 1.807) is 18.6 Å². The maximum absolute atomic E-state index is 6.08. The molecular formula is C15H15BrN6O. The van der Waals surface area contributed by atoms with Gasteiger partial charge in [0.25, 0.3) is 0 Å². The first-order valence-corrected chi connectivity index (χ1v) is 8.19. The van der Waals surface area contributed by atoms with E-state index in [1.807, 2.05) is 23.6 Å². The van der Waals surface area contributed by atoms with Gasteiger partial charge in [-0.3, -0.25) is 9.38 Å². The molecule has 118 valence electrons. The van der Waals surface area contributed by atoms with Crippen molar-refractivity contribution in [2.45, 2.75) is 19.4 Å². The minimum Gasteiger partial charge on any atom is -0.487 e. The van der Waals surface area contributed by atoms with Crippen LogP contribution in [0.25, 0.3) is 5.65 Å². The summed E-state index contributed by atoms with van der Waals surface area (Å²) in [5.41, 5.74) is 0.788. The van der Waals surface area contributed by atoms with Crippen molar-refractivity contribution in [2.75, 3.05) is 18.0 Å². The molecule has 0 saturated carbocycles. The number of nitrogens with zero attached hydrogens (tertiary/aromatic N) is 6. The van der Waals surface area contributed by atoms with Crippen LogP contribution in [0.15, 0.2) is 35.3 Å². The van der Waals surface area contributed by atoms with E-state index >= 15 is 0 Å². The number of fused-ring (bicyclic) bond motifs is 1. The topological polar surface area (TPSA) is 68.4 Å². The highest BCUT2D eigenvalue weighted by Gasteiger charge is 2.27. The number of ether oxygens (including phenoxy) is 1. The normalized spacial score (nSPS) is 17.8. The van der Waals surface area contributed by atoms with Crippen LogP contribution in [-0.2, 0) is 0 Å². The van der Waals surface area contributed by atoms with E-state index in [2.05, 4.69) is 41.0 Å². The Morgan fingerprint density at radius 3 is 3.09 bits per heavy atom. The van der Waals surface area contributed by atoms with Crippen LogP contribution in [0.4, 0.5) is 5.82 Å². The molecule has 3 aromatic rings. The van der Waals surface area contributed by atoms with E-state index in [-0.39, 0.29) is 6.10 Å². The van der Waals surface area contributed by atoms with Gasteiger partial charge in [0.2, 0.25) is 5.65 Å². The first-order chi connectivity index (χ1) is 11.2. The van der Waals surface area contributed by atoms with Crippen LogP contribution in [0, 0.1) is 6.92 Å². The maximum Gasteiger partial charge on any atom is 0.203 e. The summed E-state index contributed by atoms with van der Waals surface area (Å²) in [4.78, 5) is 10.7. The first-order valence-electron chi connectivity index (χ1n) is 7.40. The van der Waals surface area contributed by atoms with Crippen LogP contribution in [0.1, 0.15) is 12.2 Å². The van der Waals surface area contributed by atoms with E-state index in [1.165, 1.54) is 0 Å². The Hall–Kier alpha value is -2.22. The quantitative estimate of drug-likeness (QED) is 0.700. The smallest absolute Gasteiger partial charge is 0.203 e. The Morgan fingerprint density at radius 1 is 1.30 bits per heavy atom. The molecule has 0 aliphatic carbocycles. The summed E-state index contributed by atoms with van der Waals surface area (Å²) in [5.74, 6) is 2.53. The Morgan fingerprint density at radius 2 is 2.22 bits per heavy atom. The van der Waals surface area contributed by atoms with E-state index in [0.717, 1.165) is 47.0 Å². The average Bonchev–Trinajstić information content (AvgIpc) is 3.17. The summed E-state index contributed by atoms with van der Waals surface area (Å²) in [6.07, 6.45) is 8.18. The zero-order chi connectivity index (χ0) is 15.8. The van der Waals surface area contributed by atoms with Gasteiger partial charge in [-0.15, -0.1) is 10.2 Å². The van der Waals surface area contributed by atoms with Gasteiger partial charge in [0.1, 0.15) is 17.7 Å². The van der Waals surface area contributed by atoms with Crippen molar-refractivity contribution in [1.82, 2.24) is 24.6 Å². The van der Waals surface area contributed by atoms with Crippen LogP contribution in [-0.4, -0.2) is 43.8 Å². The molecule has 3 aromatic heterocycles. The lowest BCUT2D eigenvalue weighted by Crippen LogP contribution is -2.25. The van der Waals surface area contributed by atoms with Gasteiger partial charge in [-0.05, 0) is 28.9 Å². The summed E-state index contributed by atoms with van der Waals surface area (Å²) in [6, 6.07) is 1.87. The summed E-state index contributed by atoms with van der Waals surface area (Å²) in [6.45, 7) is 3.58. The van der Waals surface area contributed by atoms with Gasteiger partial charge in [-0.2, -0.15) is 0 Å². The minimum atomic E-state index is 0.111. The number of rotatable bonds is 3. The first kappa shape index (κ1) is 14.4. The van der Waals surface area contributed by atoms with Gasteiger partial charge in [-0.25, -0.2) is 4.98 Å². The number of halogens is 1. The number of hydrogen-bond donors (Lipinski definition) is 0. The Kier molecular flexibility index (Phi) is 3.60. The van der Waals surface area contributed by atoms with Crippen molar-refractivity contribution >= 4 is 27.4 Å². The van der Waals surface area contributed by atoms with Gasteiger partial charge in [0.15, 0.2) is 5.82 Å².